The van der Waals surface area contributed by atoms with Crippen LogP contribution in [-0.4, -0.2) is 29.3 Å². The Morgan fingerprint density at radius 3 is 2.44 bits per heavy atom. The van der Waals surface area contributed by atoms with Crippen LogP contribution in [0.2, 0.25) is 0 Å². The first kappa shape index (κ1) is 24.9. The molecule has 6 rings (SSSR count). The number of thiocarbonyl (C=S) groups is 1. The molecule has 0 N–H and O–H groups in total. The third kappa shape index (κ3) is 3.87. The van der Waals surface area contributed by atoms with Gasteiger partial charge in [0, 0.05) is 12.2 Å². The Bertz CT molecular complexity index is 1040. The second-order valence-electron chi connectivity index (χ2n) is 13.0. The molecule has 0 spiro atoms. The van der Waals surface area contributed by atoms with E-state index in [9.17, 15) is 0 Å². The van der Waals surface area contributed by atoms with Crippen molar-refractivity contribution in [3.05, 3.63) is 42.0 Å². The smallest absolute Gasteiger partial charge is 0.358 e. The average Bonchev–Trinajstić information content (AvgIpc) is 3.35. The normalized spacial score (nSPS) is 45.8. The van der Waals surface area contributed by atoms with Gasteiger partial charge < -0.3 is 18.9 Å². The third-order valence-corrected chi connectivity index (χ3v) is 11.1. The fourth-order valence-electron chi connectivity index (χ4n) is 9.32. The Morgan fingerprint density at radius 2 is 1.69 bits per heavy atom. The van der Waals surface area contributed by atoms with E-state index in [4.69, 9.17) is 31.2 Å². The summed E-state index contributed by atoms with van der Waals surface area (Å²) in [6.07, 6.45) is 11.0. The van der Waals surface area contributed by atoms with E-state index in [1.165, 1.54) is 25.7 Å². The van der Waals surface area contributed by atoms with E-state index in [1.807, 2.05) is 30.3 Å². The van der Waals surface area contributed by atoms with Crippen LogP contribution in [0.15, 0.2) is 42.0 Å². The molecule has 1 heterocycles. The maximum atomic E-state index is 6.80. The standard InChI is InChI=1S/C31H42O4S/c1-6-19-12-13-22-25-23(15-17-30(19,22)4)31(5)16-14-21(33-28(36)32-20-10-8-7-9-11-20)18-24(31)26-27(25)35-29(2,3)34-26/h6-11,21-27H,12-18H2,1-5H3/t21-,22?,23?,24?,25?,26+,27+,30+,31+/m0/s1. The molecule has 4 unspecified atom stereocenters. The first-order chi connectivity index (χ1) is 17.1. The van der Waals surface area contributed by atoms with Crippen LogP contribution in [-0.2, 0) is 14.2 Å². The predicted octanol–water partition coefficient (Wildman–Crippen LogP) is 7.46. The summed E-state index contributed by atoms with van der Waals surface area (Å²) in [4.78, 5) is 0. The highest BCUT2D eigenvalue weighted by Crippen LogP contribution is 2.69. The van der Waals surface area contributed by atoms with Gasteiger partial charge >= 0.3 is 5.24 Å². The molecule has 196 valence electrons. The molecule has 0 amide bonds. The van der Waals surface area contributed by atoms with Crippen LogP contribution in [0, 0.1) is 34.5 Å². The van der Waals surface area contributed by atoms with Crippen molar-refractivity contribution in [2.75, 3.05) is 0 Å². The van der Waals surface area contributed by atoms with Gasteiger partial charge in [-0.15, -0.1) is 0 Å². The molecule has 5 fully saturated rings. The minimum Gasteiger partial charge on any atom is -0.453 e. The largest absolute Gasteiger partial charge is 0.453 e. The van der Waals surface area contributed by atoms with Crippen LogP contribution in [0.5, 0.6) is 5.75 Å². The van der Waals surface area contributed by atoms with Crippen molar-refractivity contribution in [3.63, 3.8) is 0 Å². The van der Waals surface area contributed by atoms with Gasteiger partial charge in [0.25, 0.3) is 0 Å². The van der Waals surface area contributed by atoms with Crippen LogP contribution < -0.4 is 4.74 Å². The van der Waals surface area contributed by atoms with E-state index in [0.29, 0.717) is 29.1 Å². The topological polar surface area (TPSA) is 36.9 Å². The molecule has 1 saturated heterocycles. The summed E-state index contributed by atoms with van der Waals surface area (Å²) in [5.41, 5.74) is 2.23. The van der Waals surface area contributed by atoms with E-state index in [1.54, 1.807) is 5.57 Å². The maximum absolute atomic E-state index is 6.80. The summed E-state index contributed by atoms with van der Waals surface area (Å²) in [6, 6.07) is 9.67. The summed E-state index contributed by atoms with van der Waals surface area (Å²) in [7, 11) is 0. The number of hydrogen-bond donors (Lipinski definition) is 0. The fourth-order valence-corrected chi connectivity index (χ4v) is 9.55. The van der Waals surface area contributed by atoms with Crippen molar-refractivity contribution >= 4 is 17.5 Å². The molecule has 5 heteroatoms. The van der Waals surface area contributed by atoms with Crippen LogP contribution in [0.25, 0.3) is 0 Å². The molecule has 1 aromatic rings. The van der Waals surface area contributed by atoms with Crippen molar-refractivity contribution in [1.29, 1.82) is 0 Å². The van der Waals surface area contributed by atoms with Crippen LogP contribution in [0.1, 0.15) is 79.6 Å². The highest BCUT2D eigenvalue weighted by Gasteiger charge is 2.68. The molecule has 1 aliphatic heterocycles. The third-order valence-electron chi connectivity index (χ3n) is 10.9. The zero-order chi connectivity index (χ0) is 25.3. The molecule has 0 aromatic heterocycles. The minimum atomic E-state index is -0.541. The summed E-state index contributed by atoms with van der Waals surface area (Å²) >= 11 is 5.49. The average molecular weight is 511 g/mol. The first-order valence-electron chi connectivity index (χ1n) is 14.1. The van der Waals surface area contributed by atoms with Gasteiger partial charge in [0.15, 0.2) is 5.79 Å². The lowest BCUT2D eigenvalue weighted by Crippen LogP contribution is -2.63. The molecule has 0 bridgehead atoms. The predicted molar refractivity (Wildman–Crippen MR) is 145 cm³/mol. The number of benzene rings is 1. The van der Waals surface area contributed by atoms with E-state index in [2.05, 4.69) is 40.7 Å². The summed E-state index contributed by atoms with van der Waals surface area (Å²) in [5.74, 6) is 2.50. The lowest BCUT2D eigenvalue weighted by Gasteiger charge is -2.63. The molecule has 36 heavy (non-hydrogen) atoms. The van der Waals surface area contributed by atoms with Crippen molar-refractivity contribution < 1.29 is 18.9 Å². The SMILES string of the molecule is CC=C1CCC2C3C(CC[C@]12C)[C@@]1(C)CC[C@H](OC(=S)Oc2ccccc2)CC1[C@H]1OC(C)(C)O[C@H]31. The van der Waals surface area contributed by atoms with Gasteiger partial charge in [-0.3, -0.25) is 0 Å². The lowest BCUT2D eigenvalue weighted by molar-refractivity contribution is -0.182. The molecule has 4 nitrogen and oxygen atoms in total. The van der Waals surface area contributed by atoms with Gasteiger partial charge in [0.05, 0.1) is 12.2 Å². The zero-order valence-electron chi connectivity index (χ0n) is 22.5. The maximum Gasteiger partial charge on any atom is 0.358 e. The van der Waals surface area contributed by atoms with Crippen LogP contribution in [0.3, 0.4) is 0 Å². The molecule has 9 atom stereocenters. The van der Waals surface area contributed by atoms with Gasteiger partial charge in [0.1, 0.15) is 11.9 Å². The number of rotatable bonds is 2. The second kappa shape index (κ2) is 8.81. The lowest BCUT2D eigenvalue weighted by atomic mass is 9.43. The van der Waals surface area contributed by atoms with Gasteiger partial charge in [0.2, 0.25) is 0 Å². The Hall–Kier alpha value is -1.43. The zero-order valence-corrected chi connectivity index (χ0v) is 23.3. The number of para-hydroxylation sites is 1. The number of ether oxygens (including phenoxy) is 4. The summed E-state index contributed by atoms with van der Waals surface area (Å²) in [6.45, 7) is 11.5. The minimum absolute atomic E-state index is 0.0544. The molecule has 5 aliphatic rings. The van der Waals surface area contributed by atoms with E-state index in [0.717, 1.165) is 25.0 Å². The van der Waals surface area contributed by atoms with Gasteiger partial charge in [-0.1, -0.05) is 43.7 Å². The van der Waals surface area contributed by atoms with Crippen molar-refractivity contribution in [1.82, 2.24) is 0 Å². The van der Waals surface area contributed by atoms with E-state index < -0.39 is 5.79 Å². The Morgan fingerprint density at radius 1 is 0.944 bits per heavy atom. The van der Waals surface area contributed by atoms with Crippen molar-refractivity contribution in [3.8, 4) is 5.75 Å². The Labute approximate surface area is 222 Å². The van der Waals surface area contributed by atoms with Crippen molar-refractivity contribution in [2.24, 2.45) is 34.5 Å². The number of hydrogen-bond acceptors (Lipinski definition) is 5. The molecule has 0 radical (unpaired) electrons. The van der Waals surface area contributed by atoms with Gasteiger partial charge in [-0.2, -0.15) is 0 Å². The quantitative estimate of drug-likeness (QED) is 0.305. The number of allylic oxidation sites excluding steroid dienone is 2. The molecule has 1 aromatic carbocycles. The van der Waals surface area contributed by atoms with Crippen LogP contribution in [0.4, 0.5) is 0 Å². The highest BCUT2D eigenvalue weighted by atomic mass is 32.1. The summed E-state index contributed by atoms with van der Waals surface area (Å²) < 4.78 is 25.6. The second-order valence-corrected chi connectivity index (χ2v) is 13.3. The molecular weight excluding hydrogens is 468 g/mol. The Kier molecular flexibility index (Phi) is 6.09. The van der Waals surface area contributed by atoms with Gasteiger partial charge in [-0.05, 0) is 112 Å². The Balaban J connectivity index is 1.26. The van der Waals surface area contributed by atoms with Crippen LogP contribution >= 0.6 is 12.2 Å². The molecule has 4 aliphatic carbocycles. The van der Waals surface area contributed by atoms with Gasteiger partial charge in [-0.25, -0.2) is 0 Å². The first-order valence-corrected chi connectivity index (χ1v) is 14.5. The van der Waals surface area contributed by atoms with E-state index in [-0.39, 0.29) is 29.0 Å². The molecule has 4 saturated carbocycles. The molecular formula is C31H42O4S. The summed E-state index contributed by atoms with van der Waals surface area (Å²) in [5, 5.41) is 0.224. The van der Waals surface area contributed by atoms with Crippen molar-refractivity contribution in [2.45, 2.75) is 104 Å². The monoisotopic (exact) mass is 510 g/mol. The highest BCUT2D eigenvalue weighted by molar-refractivity contribution is 7.79. The fraction of sp³-hybridized carbons (Fsp3) is 0.710. The number of fused-ring (bicyclic) bond motifs is 8. The van der Waals surface area contributed by atoms with E-state index >= 15 is 0 Å².